The Balaban J connectivity index is 2.43. The fourth-order valence-corrected chi connectivity index (χ4v) is 1.13. The highest BCUT2D eigenvalue weighted by Crippen LogP contribution is 2.03. The minimum atomic E-state index is -0.584. The zero-order valence-corrected chi connectivity index (χ0v) is 8.71. The summed E-state index contributed by atoms with van der Waals surface area (Å²) < 4.78 is 5.25. The van der Waals surface area contributed by atoms with Crippen LogP contribution in [0.4, 0.5) is 0 Å². The van der Waals surface area contributed by atoms with E-state index in [-0.39, 0.29) is 6.10 Å². The Morgan fingerprint density at radius 1 is 1.57 bits per heavy atom. The highest BCUT2D eigenvalue weighted by Gasteiger charge is 2.17. The number of ether oxygens (including phenoxy) is 1. The minimum Gasteiger partial charge on any atom is -0.390 e. The van der Waals surface area contributed by atoms with E-state index in [1.807, 2.05) is 13.8 Å². The molecule has 1 heterocycles. The molecule has 0 aliphatic heterocycles. The van der Waals surface area contributed by atoms with Crippen molar-refractivity contribution >= 4 is 0 Å². The van der Waals surface area contributed by atoms with Crippen LogP contribution in [0.5, 0.6) is 0 Å². The largest absolute Gasteiger partial charge is 0.390 e. The second-order valence-corrected chi connectivity index (χ2v) is 3.13. The number of tetrazole rings is 1. The van der Waals surface area contributed by atoms with Gasteiger partial charge in [-0.15, -0.1) is 10.2 Å². The molecule has 0 radical (unpaired) electrons. The van der Waals surface area contributed by atoms with Gasteiger partial charge in [-0.3, -0.25) is 0 Å². The second-order valence-electron chi connectivity index (χ2n) is 3.13. The van der Waals surface area contributed by atoms with Crippen molar-refractivity contribution in [3.8, 4) is 0 Å². The average molecular weight is 200 g/mol. The first-order valence-corrected chi connectivity index (χ1v) is 4.66. The van der Waals surface area contributed by atoms with Crippen molar-refractivity contribution in [2.24, 2.45) is 7.05 Å². The molecule has 6 nitrogen and oxygen atoms in total. The van der Waals surface area contributed by atoms with Crippen LogP contribution < -0.4 is 0 Å². The van der Waals surface area contributed by atoms with Gasteiger partial charge in [-0.05, 0) is 19.1 Å². The number of aromatic nitrogens is 4. The fraction of sp³-hybridized carbons (Fsp3) is 0.875. The molecule has 1 rings (SSSR count). The van der Waals surface area contributed by atoms with Gasteiger partial charge in [0.2, 0.25) is 0 Å². The second kappa shape index (κ2) is 5.02. The Labute approximate surface area is 82.9 Å². The molecule has 0 aliphatic carbocycles. The summed E-state index contributed by atoms with van der Waals surface area (Å²) in [5, 5.41) is 21.1. The third-order valence-electron chi connectivity index (χ3n) is 1.91. The Kier molecular flexibility index (Phi) is 3.97. The van der Waals surface area contributed by atoms with Crippen molar-refractivity contribution in [3.05, 3.63) is 5.82 Å². The summed E-state index contributed by atoms with van der Waals surface area (Å²) in [4.78, 5) is 1.37. The maximum Gasteiger partial charge on any atom is 0.177 e. The maximum atomic E-state index is 9.67. The molecule has 0 aromatic carbocycles. The van der Waals surface area contributed by atoms with E-state index in [1.165, 1.54) is 4.80 Å². The van der Waals surface area contributed by atoms with Gasteiger partial charge < -0.3 is 9.84 Å². The van der Waals surface area contributed by atoms with Crippen LogP contribution in [0, 0.1) is 0 Å². The molecule has 14 heavy (non-hydrogen) atoms. The molecule has 1 aromatic rings. The lowest BCUT2D eigenvalue weighted by Crippen LogP contribution is -2.28. The lowest BCUT2D eigenvalue weighted by atomic mass is 10.1. The van der Waals surface area contributed by atoms with Gasteiger partial charge in [0.15, 0.2) is 5.82 Å². The van der Waals surface area contributed by atoms with Crippen LogP contribution in [-0.2, 0) is 18.2 Å². The fourth-order valence-electron chi connectivity index (χ4n) is 1.13. The quantitative estimate of drug-likeness (QED) is 0.696. The Bertz CT molecular complexity index is 276. The number of nitrogens with zero attached hydrogens (tertiary/aromatic N) is 4. The normalized spacial score (nSPS) is 15.4. The molecule has 0 saturated carbocycles. The molecule has 6 heteroatoms. The van der Waals surface area contributed by atoms with Gasteiger partial charge in [0.25, 0.3) is 0 Å². The molecule has 1 aromatic heterocycles. The molecule has 0 spiro atoms. The van der Waals surface area contributed by atoms with E-state index in [4.69, 9.17) is 4.74 Å². The third kappa shape index (κ3) is 3.04. The van der Waals surface area contributed by atoms with Crippen LogP contribution in [0.3, 0.4) is 0 Å². The average Bonchev–Trinajstić information content (AvgIpc) is 2.51. The lowest BCUT2D eigenvalue weighted by Gasteiger charge is -2.16. The van der Waals surface area contributed by atoms with Crippen LogP contribution in [0.25, 0.3) is 0 Å². The minimum absolute atomic E-state index is 0.205. The summed E-state index contributed by atoms with van der Waals surface area (Å²) in [6.07, 6.45) is -0.419. The molecule has 0 bridgehead atoms. The van der Waals surface area contributed by atoms with E-state index in [1.54, 1.807) is 7.05 Å². The first-order valence-electron chi connectivity index (χ1n) is 4.66. The molecule has 80 valence electrons. The Morgan fingerprint density at radius 3 is 2.79 bits per heavy atom. The van der Waals surface area contributed by atoms with Gasteiger partial charge in [-0.1, -0.05) is 0 Å². The van der Waals surface area contributed by atoms with E-state index in [0.717, 1.165) is 0 Å². The summed E-state index contributed by atoms with van der Waals surface area (Å²) >= 11 is 0. The van der Waals surface area contributed by atoms with Gasteiger partial charge in [0, 0.05) is 13.0 Å². The number of aliphatic hydroxyl groups excluding tert-OH is 1. The number of aryl methyl sites for hydroxylation is 1. The molecule has 0 fully saturated rings. The molecule has 2 unspecified atom stereocenters. The smallest absolute Gasteiger partial charge is 0.177 e. The predicted molar refractivity (Wildman–Crippen MR) is 49.6 cm³/mol. The summed E-state index contributed by atoms with van der Waals surface area (Å²) in [6.45, 7) is 4.31. The first kappa shape index (κ1) is 11.1. The van der Waals surface area contributed by atoms with Crippen molar-refractivity contribution in [1.29, 1.82) is 0 Å². The molecular formula is C8H16N4O2. The first-order chi connectivity index (χ1) is 6.63. The third-order valence-corrected chi connectivity index (χ3v) is 1.91. The van der Waals surface area contributed by atoms with E-state index in [2.05, 4.69) is 15.4 Å². The van der Waals surface area contributed by atoms with Crippen LogP contribution in [0.2, 0.25) is 0 Å². The van der Waals surface area contributed by atoms with E-state index < -0.39 is 6.10 Å². The van der Waals surface area contributed by atoms with E-state index in [0.29, 0.717) is 18.9 Å². The summed E-state index contributed by atoms with van der Waals surface area (Å²) in [5.74, 6) is 0.534. The number of aliphatic hydroxyl groups is 1. The van der Waals surface area contributed by atoms with Gasteiger partial charge >= 0.3 is 0 Å². The molecule has 2 atom stereocenters. The zero-order chi connectivity index (χ0) is 10.6. The number of hydrogen-bond donors (Lipinski definition) is 1. The Hall–Kier alpha value is -1.01. The summed E-state index contributed by atoms with van der Waals surface area (Å²) in [7, 11) is 1.69. The van der Waals surface area contributed by atoms with Crippen LogP contribution in [-0.4, -0.2) is 44.1 Å². The molecular weight excluding hydrogens is 184 g/mol. The summed E-state index contributed by atoms with van der Waals surface area (Å²) in [6, 6.07) is 0. The van der Waals surface area contributed by atoms with Crippen molar-refractivity contribution < 1.29 is 9.84 Å². The van der Waals surface area contributed by atoms with Crippen LogP contribution in [0.15, 0.2) is 0 Å². The molecule has 0 amide bonds. The SMILES string of the molecule is CCOC(C)C(O)Cc1nnn(C)n1. The predicted octanol–water partition coefficient (Wildman–Crippen LogP) is -0.462. The molecule has 0 saturated heterocycles. The van der Waals surface area contributed by atoms with Gasteiger partial charge in [0.05, 0.1) is 19.3 Å². The van der Waals surface area contributed by atoms with Gasteiger partial charge in [0.1, 0.15) is 0 Å². The van der Waals surface area contributed by atoms with Crippen molar-refractivity contribution in [3.63, 3.8) is 0 Å². The number of hydrogen-bond acceptors (Lipinski definition) is 5. The van der Waals surface area contributed by atoms with Crippen molar-refractivity contribution in [1.82, 2.24) is 20.2 Å². The zero-order valence-electron chi connectivity index (χ0n) is 8.71. The molecule has 1 N–H and O–H groups in total. The lowest BCUT2D eigenvalue weighted by molar-refractivity contribution is -0.0216. The van der Waals surface area contributed by atoms with Gasteiger partial charge in [-0.25, -0.2) is 0 Å². The Morgan fingerprint density at radius 2 is 2.29 bits per heavy atom. The topological polar surface area (TPSA) is 73.1 Å². The monoisotopic (exact) mass is 200 g/mol. The van der Waals surface area contributed by atoms with E-state index >= 15 is 0 Å². The van der Waals surface area contributed by atoms with Crippen molar-refractivity contribution in [2.75, 3.05) is 6.61 Å². The standard InChI is InChI=1S/C8H16N4O2/c1-4-14-6(2)7(13)5-8-9-11-12(3)10-8/h6-7,13H,4-5H2,1-3H3. The van der Waals surface area contributed by atoms with Crippen LogP contribution >= 0.6 is 0 Å². The highest BCUT2D eigenvalue weighted by atomic mass is 16.5. The number of rotatable bonds is 5. The van der Waals surface area contributed by atoms with E-state index in [9.17, 15) is 5.11 Å². The van der Waals surface area contributed by atoms with Crippen LogP contribution in [0.1, 0.15) is 19.7 Å². The highest BCUT2D eigenvalue weighted by molar-refractivity contribution is 4.83. The molecule has 0 aliphatic rings. The van der Waals surface area contributed by atoms with Crippen molar-refractivity contribution in [2.45, 2.75) is 32.5 Å². The summed E-state index contributed by atoms with van der Waals surface area (Å²) in [5.41, 5.74) is 0. The van der Waals surface area contributed by atoms with Gasteiger partial charge in [-0.2, -0.15) is 4.80 Å². The maximum absolute atomic E-state index is 9.67.